The van der Waals surface area contributed by atoms with Crippen molar-refractivity contribution in [2.24, 2.45) is 12.5 Å². The van der Waals surface area contributed by atoms with Crippen molar-refractivity contribution in [3.63, 3.8) is 0 Å². The van der Waals surface area contributed by atoms with E-state index in [1.807, 2.05) is 37.8 Å². The van der Waals surface area contributed by atoms with Crippen LogP contribution >= 0.6 is 35.0 Å². The number of aromatic nitrogens is 2. The molecule has 1 fully saturated rings. The van der Waals surface area contributed by atoms with E-state index >= 15 is 0 Å². The topological polar surface area (TPSA) is 76.5 Å². The molecule has 0 unspecified atom stereocenters. The van der Waals surface area contributed by atoms with Crippen molar-refractivity contribution in [1.82, 2.24) is 14.9 Å². The summed E-state index contributed by atoms with van der Waals surface area (Å²) in [7, 11) is 1.73. The first-order chi connectivity index (χ1) is 15.4. The molecule has 1 amide bonds. The molecule has 1 aliphatic rings. The number of hydrogen-bond donors (Lipinski definition) is 1. The number of amides is 1. The van der Waals surface area contributed by atoms with E-state index in [4.69, 9.17) is 27.9 Å². The molecular weight excluding hydrogens is 483 g/mol. The molecule has 0 bridgehead atoms. The van der Waals surface area contributed by atoms with E-state index in [0.717, 1.165) is 17.7 Å². The molecular formula is C23H30Cl2N4O3S. The number of anilines is 1. The van der Waals surface area contributed by atoms with Crippen LogP contribution in [0.5, 0.6) is 0 Å². The molecule has 1 aromatic carbocycles. The first kappa shape index (κ1) is 25.7. The number of ether oxygens (including phenoxy) is 1. The van der Waals surface area contributed by atoms with E-state index in [-0.39, 0.29) is 11.0 Å². The second-order valence-corrected chi connectivity index (χ2v) is 11.4. The normalized spacial score (nSPS) is 15.9. The third kappa shape index (κ3) is 6.58. The summed E-state index contributed by atoms with van der Waals surface area (Å²) < 4.78 is 6.91. The third-order valence-electron chi connectivity index (χ3n) is 5.58. The molecule has 1 aromatic heterocycles. The summed E-state index contributed by atoms with van der Waals surface area (Å²) in [4.78, 5) is 32.3. The highest BCUT2D eigenvalue weighted by atomic mass is 35.5. The fourth-order valence-electron chi connectivity index (χ4n) is 3.53. The quantitative estimate of drug-likeness (QED) is 0.580. The van der Waals surface area contributed by atoms with Crippen molar-refractivity contribution in [1.29, 1.82) is 0 Å². The van der Waals surface area contributed by atoms with Crippen LogP contribution in [0.15, 0.2) is 39.1 Å². The number of nitrogens with one attached hydrogen (secondary N) is 1. The predicted molar refractivity (Wildman–Crippen MR) is 134 cm³/mol. The molecule has 180 valence electrons. The smallest absolute Gasteiger partial charge is 0.407 e. The van der Waals surface area contributed by atoms with E-state index in [0.29, 0.717) is 40.5 Å². The molecule has 1 saturated heterocycles. The Hall–Kier alpha value is -1.90. The molecule has 0 aliphatic carbocycles. The van der Waals surface area contributed by atoms with Crippen LogP contribution in [-0.4, -0.2) is 40.9 Å². The maximum atomic E-state index is 13.1. The van der Waals surface area contributed by atoms with Gasteiger partial charge >= 0.3 is 6.09 Å². The highest BCUT2D eigenvalue weighted by Crippen LogP contribution is 2.37. The average Bonchev–Trinajstić information content (AvgIpc) is 2.73. The average molecular weight is 513 g/mol. The van der Waals surface area contributed by atoms with Gasteiger partial charge in [-0.15, -0.1) is 0 Å². The molecule has 10 heteroatoms. The molecule has 0 atom stereocenters. The Morgan fingerprint density at radius 1 is 1.27 bits per heavy atom. The first-order valence-electron chi connectivity index (χ1n) is 10.8. The summed E-state index contributed by atoms with van der Waals surface area (Å²) in [5.74, 6) is 0.432. The summed E-state index contributed by atoms with van der Waals surface area (Å²) in [6.07, 6.45) is 2.93. The zero-order chi connectivity index (χ0) is 24.4. The zero-order valence-corrected chi connectivity index (χ0v) is 21.9. The first-order valence-corrected chi connectivity index (χ1v) is 12.4. The van der Waals surface area contributed by atoms with E-state index in [2.05, 4.69) is 17.2 Å². The highest BCUT2D eigenvalue weighted by Gasteiger charge is 2.32. The van der Waals surface area contributed by atoms with Crippen LogP contribution < -0.4 is 15.8 Å². The fraction of sp³-hybridized carbons (Fsp3) is 0.522. The Balaban J connectivity index is 1.64. The molecule has 0 saturated carbocycles. The van der Waals surface area contributed by atoms with Gasteiger partial charge in [-0.25, -0.2) is 9.78 Å². The van der Waals surface area contributed by atoms with Gasteiger partial charge in [0.2, 0.25) is 0 Å². The molecule has 0 spiro atoms. The van der Waals surface area contributed by atoms with E-state index in [1.54, 1.807) is 23.9 Å². The van der Waals surface area contributed by atoms with Gasteiger partial charge in [0, 0.05) is 31.6 Å². The molecule has 3 rings (SSSR count). The summed E-state index contributed by atoms with van der Waals surface area (Å²) in [6, 6.07) is 5.40. The summed E-state index contributed by atoms with van der Waals surface area (Å²) in [5.41, 5.74) is -0.756. The van der Waals surface area contributed by atoms with Crippen molar-refractivity contribution in [2.45, 2.75) is 56.1 Å². The van der Waals surface area contributed by atoms with Gasteiger partial charge in [0.05, 0.1) is 16.2 Å². The maximum absolute atomic E-state index is 13.1. The zero-order valence-electron chi connectivity index (χ0n) is 19.6. The lowest BCUT2D eigenvalue weighted by molar-refractivity contribution is 0.0495. The minimum atomic E-state index is -0.525. The predicted octanol–water partition coefficient (Wildman–Crippen LogP) is 5.37. The lowest BCUT2D eigenvalue weighted by Gasteiger charge is -2.39. The second kappa shape index (κ2) is 10.2. The van der Waals surface area contributed by atoms with Crippen molar-refractivity contribution in [3.05, 3.63) is 44.8 Å². The summed E-state index contributed by atoms with van der Waals surface area (Å²) in [5, 5.41) is 4.48. The van der Waals surface area contributed by atoms with Gasteiger partial charge in [0.25, 0.3) is 5.56 Å². The minimum Gasteiger partial charge on any atom is -0.444 e. The summed E-state index contributed by atoms with van der Waals surface area (Å²) >= 11 is 13.7. The number of nitrogens with zero attached hydrogens (tertiary/aromatic N) is 3. The van der Waals surface area contributed by atoms with Crippen LogP contribution in [0, 0.1) is 5.41 Å². The van der Waals surface area contributed by atoms with Crippen molar-refractivity contribution in [2.75, 3.05) is 24.5 Å². The molecule has 2 heterocycles. The van der Waals surface area contributed by atoms with Crippen LogP contribution in [0.2, 0.25) is 10.0 Å². The Bertz CT molecular complexity index is 1080. The monoisotopic (exact) mass is 512 g/mol. The lowest BCUT2D eigenvalue weighted by Crippen LogP contribution is -2.47. The lowest BCUT2D eigenvalue weighted by atomic mass is 9.80. The Kier molecular flexibility index (Phi) is 7.91. The molecule has 2 aromatic rings. The van der Waals surface area contributed by atoms with Crippen LogP contribution in [0.1, 0.15) is 40.5 Å². The van der Waals surface area contributed by atoms with Crippen LogP contribution in [0.4, 0.5) is 10.6 Å². The standard InChI is InChI=1S/C23H30Cl2N4O3S/c1-22(2,3)32-21(31)27-14-23(4)9-11-29(12-10-23)19-20(30)28(5)17(13-26-19)33-16-8-6-7-15(24)18(16)25/h6-8,13H,9-12,14H2,1-5H3,(H,27,31). The van der Waals surface area contributed by atoms with Crippen LogP contribution in [0.25, 0.3) is 0 Å². The SMILES string of the molecule is Cn1c(Sc2cccc(Cl)c2Cl)cnc(N2CCC(C)(CNC(=O)OC(C)(C)C)CC2)c1=O. The molecule has 7 nitrogen and oxygen atoms in total. The van der Waals surface area contributed by atoms with E-state index in [1.165, 1.54) is 11.8 Å². The maximum Gasteiger partial charge on any atom is 0.407 e. The summed E-state index contributed by atoms with van der Waals surface area (Å²) in [6.45, 7) is 9.55. The van der Waals surface area contributed by atoms with Gasteiger partial charge < -0.3 is 19.5 Å². The molecule has 0 radical (unpaired) electrons. The Morgan fingerprint density at radius 2 is 1.94 bits per heavy atom. The molecule has 33 heavy (non-hydrogen) atoms. The van der Waals surface area contributed by atoms with E-state index < -0.39 is 11.7 Å². The Morgan fingerprint density at radius 3 is 2.58 bits per heavy atom. The number of carbonyl (C=O) groups is 1. The minimum absolute atomic E-state index is 0.0717. The Labute approximate surface area is 208 Å². The van der Waals surface area contributed by atoms with Gasteiger partial charge in [-0.05, 0) is 51.2 Å². The number of hydrogen-bond acceptors (Lipinski definition) is 6. The number of carbonyl (C=O) groups excluding carboxylic acids is 1. The molecule has 1 N–H and O–H groups in total. The van der Waals surface area contributed by atoms with Gasteiger partial charge in [-0.2, -0.15) is 0 Å². The molecule has 1 aliphatic heterocycles. The van der Waals surface area contributed by atoms with Crippen molar-refractivity contribution < 1.29 is 9.53 Å². The number of halogens is 2. The van der Waals surface area contributed by atoms with Gasteiger partial charge in [0.15, 0.2) is 5.82 Å². The van der Waals surface area contributed by atoms with Crippen LogP contribution in [0.3, 0.4) is 0 Å². The number of rotatable bonds is 5. The second-order valence-electron chi connectivity index (χ2n) is 9.59. The number of benzene rings is 1. The highest BCUT2D eigenvalue weighted by molar-refractivity contribution is 7.99. The number of piperidine rings is 1. The van der Waals surface area contributed by atoms with Crippen molar-refractivity contribution >= 4 is 46.9 Å². The van der Waals surface area contributed by atoms with E-state index in [9.17, 15) is 9.59 Å². The van der Waals surface area contributed by atoms with Gasteiger partial charge in [-0.1, -0.05) is 48.0 Å². The third-order valence-corrected chi connectivity index (χ3v) is 7.66. The largest absolute Gasteiger partial charge is 0.444 e. The van der Waals surface area contributed by atoms with Gasteiger partial charge in [-0.3, -0.25) is 4.79 Å². The van der Waals surface area contributed by atoms with Gasteiger partial charge in [0.1, 0.15) is 10.6 Å². The van der Waals surface area contributed by atoms with Crippen molar-refractivity contribution in [3.8, 4) is 0 Å². The van der Waals surface area contributed by atoms with Crippen LogP contribution in [-0.2, 0) is 11.8 Å². The number of alkyl carbamates (subject to hydrolysis) is 1. The fourth-order valence-corrected chi connectivity index (χ4v) is 4.90.